The SMILES string of the molecule is CC(C)CC(O)CNC1CC2CC=CC21. The summed E-state index contributed by atoms with van der Waals surface area (Å²) in [7, 11) is 0. The Labute approximate surface area is 92.8 Å². The average molecular weight is 209 g/mol. The molecule has 15 heavy (non-hydrogen) atoms. The van der Waals surface area contributed by atoms with Crippen molar-refractivity contribution in [2.75, 3.05) is 6.54 Å². The maximum absolute atomic E-state index is 9.75. The van der Waals surface area contributed by atoms with E-state index in [1.165, 1.54) is 12.8 Å². The molecule has 0 radical (unpaired) electrons. The molecule has 0 aromatic heterocycles. The molecule has 0 saturated heterocycles. The van der Waals surface area contributed by atoms with Crippen molar-refractivity contribution in [3.63, 3.8) is 0 Å². The normalized spacial score (nSPS) is 35.3. The van der Waals surface area contributed by atoms with Crippen molar-refractivity contribution in [1.82, 2.24) is 5.32 Å². The molecular formula is C13H23NO. The van der Waals surface area contributed by atoms with Crippen molar-refractivity contribution in [2.45, 2.75) is 45.3 Å². The molecule has 2 nitrogen and oxygen atoms in total. The maximum atomic E-state index is 9.75. The largest absolute Gasteiger partial charge is 0.392 e. The Balaban J connectivity index is 1.64. The van der Waals surface area contributed by atoms with Crippen LogP contribution in [-0.2, 0) is 0 Å². The van der Waals surface area contributed by atoms with Crippen LogP contribution >= 0.6 is 0 Å². The first kappa shape index (κ1) is 11.2. The highest BCUT2D eigenvalue weighted by Gasteiger charge is 2.40. The number of aliphatic hydroxyl groups excluding tert-OH is 1. The lowest BCUT2D eigenvalue weighted by atomic mass is 9.71. The van der Waals surface area contributed by atoms with Gasteiger partial charge in [-0.15, -0.1) is 0 Å². The summed E-state index contributed by atoms with van der Waals surface area (Å²) in [5.74, 6) is 2.25. The Hall–Kier alpha value is -0.340. The molecule has 0 heterocycles. The molecule has 86 valence electrons. The van der Waals surface area contributed by atoms with Crippen LogP contribution in [0.4, 0.5) is 0 Å². The zero-order valence-electron chi connectivity index (χ0n) is 9.82. The summed E-state index contributed by atoms with van der Waals surface area (Å²) in [4.78, 5) is 0. The van der Waals surface area contributed by atoms with Crippen molar-refractivity contribution in [3.05, 3.63) is 12.2 Å². The van der Waals surface area contributed by atoms with Crippen molar-refractivity contribution in [2.24, 2.45) is 17.8 Å². The quantitative estimate of drug-likeness (QED) is 0.678. The van der Waals surface area contributed by atoms with Crippen LogP contribution in [0.1, 0.15) is 33.1 Å². The number of rotatable bonds is 5. The minimum atomic E-state index is -0.172. The highest BCUT2D eigenvalue weighted by Crippen LogP contribution is 2.42. The number of hydrogen-bond donors (Lipinski definition) is 2. The van der Waals surface area contributed by atoms with E-state index in [2.05, 4.69) is 31.3 Å². The summed E-state index contributed by atoms with van der Waals surface area (Å²) in [6, 6.07) is 0.635. The molecule has 0 bridgehead atoms. The molecule has 0 aromatic rings. The van der Waals surface area contributed by atoms with Crippen molar-refractivity contribution in [3.8, 4) is 0 Å². The van der Waals surface area contributed by atoms with Gasteiger partial charge in [-0.1, -0.05) is 26.0 Å². The molecular weight excluding hydrogens is 186 g/mol. The molecule has 0 aliphatic heterocycles. The Kier molecular flexibility index (Phi) is 3.47. The minimum Gasteiger partial charge on any atom is -0.392 e. The molecule has 2 aliphatic rings. The summed E-state index contributed by atoms with van der Waals surface area (Å²) >= 11 is 0. The molecule has 4 atom stereocenters. The van der Waals surface area contributed by atoms with Gasteiger partial charge in [-0.25, -0.2) is 0 Å². The van der Waals surface area contributed by atoms with Crippen LogP contribution in [0.15, 0.2) is 12.2 Å². The fraction of sp³-hybridized carbons (Fsp3) is 0.846. The van der Waals surface area contributed by atoms with E-state index in [1.807, 2.05) is 0 Å². The fourth-order valence-electron chi connectivity index (χ4n) is 2.86. The molecule has 2 aliphatic carbocycles. The van der Waals surface area contributed by atoms with Crippen LogP contribution < -0.4 is 5.32 Å². The van der Waals surface area contributed by atoms with Crippen molar-refractivity contribution in [1.29, 1.82) is 0 Å². The highest BCUT2D eigenvalue weighted by molar-refractivity contribution is 5.12. The van der Waals surface area contributed by atoms with E-state index < -0.39 is 0 Å². The van der Waals surface area contributed by atoms with E-state index in [0.717, 1.165) is 24.8 Å². The summed E-state index contributed by atoms with van der Waals surface area (Å²) in [5.41, 5.74) is 0. The van der Waals surface area contributed by atoms with Crippen LogP contribution in [0, 0.1) is 17.8 Å². The second-order valence-corrected chi connectivity index (χ2v) is 5.54. The van der Waals surface area contributed by atoms with E-state index >= 15 is 0 Å². The third kappa shape index (κ3) is 2.61. The number of fused-ring (bicyclic) bond motifs is 1. The van der Waals surface area contributed by atoms with E-state index in [-0.39, 0.29) is 6.10 Å². The van der Waals surface area contributed by atoms with Gasteiger partial charge in [0.05, 0.1) is 6.10 Å². The van der Waals surface area contributed by atoms with Gasteiger partial charge in [0.2, 0.25) is 0 Å². The van der Waals surface area contributed by atoms with Crippen LogP contribution in [0.5, 0.6) is 0 Å². The van der Waals surface area contributed by atoms with Crippen LogP contribution in [-0.4, -0.2) is 23.8 Å². The fourth-order valence-corrected chi connectivity index (χ4v) is 2.86. The van der Waals surface area contributed by atoms with Crippen molar-refractivity contribution < 1.29 is 5.11 Å². The molecule has 0 amide bonds. The second-order valence-electron chi connectivity index (χ2n) is 5.54. The van der Waals surface area contributed by atoms with Gasteiger partial charge in [-0.2, -0.15) is 0 Å². The average Bonchev–Trinajstić information content (AvgIpc) is 2.46. The third-order valence-electron chi connectivity index (χ3n) is 3.72. The van der Waals surface area contributed by atoms with E-state index in [4.69, 9.17) is 0 Å². The van der Waals surface area contributed by atoms with Crippen LogP contribution in [0.2, 0.25) is 0 Å². The molecule has 1 fully saturated rings. The zero-order valence-corrected chi connectivity index (χ0v) is 9.82. The maximum Gasteiger partial charge on any atom is 0.0667 e. The van der Waals surface area contributed by atoms with Gasteiger partial charge in [0, 0.05) is 12.6 Å². The van der Waals surface area contributed by atoms with Gasteiger partial charge < -0.3 is 10.4 Å². The zero-order chi connectivity index (χ0) is 10.8. The second kappa shape index (κ2) is 4.67. The van der Waals surface area contributed by atoms with E-state index in [1.54, 1.807) is 0 Å². The lowest BCUT2D eigenvalue weighted by Gasteiger charge is -2.41. The summed E-state index contributed by atoms with van der Waals surface area (Å²) < 4.78 is 0. The standard InChI is InChI=1S/C13H23NO/c1-9(2)6-11(15)8-14-13-7-10-4-3-5-12(10)13/h3,5,9-15H,4,6-8H2,1-2H3. The first-order valence-electron chi connectivity index (χ1n) is 6.25. The third-order valence-corrected chi connectivity index (χ3v) is 3.72. The monoisotopic (exact) mass is 209 g/mol. The molecule has 2 heteroatoms. The number of allylic oxidation sites excluding steroid dienone is 1. The predicted molar refractivity (Wildman–Crippen MR) is 62.6 cm³/mol. The van der Waals surface area contributed by atoms with Gasteiger partial charge in [0.15, 0.2) is 0 Å². The Morgan fingerprint density at radius 3 is 2.93 bits per heavy atom. The van der Waals surface area contributed by atoms with Gasteiger partial charge >= 0.3 is 0 Å². The van der Waals surface area contributed by atoms with Crippen LogP contribution in [0.25, 0.3) is 0 Å². The number of aliphatic hydroxyl groups is 1. The number of nitrogens with one attached hydrogen (secondary N) is 1. The van der Waals surface area contributed by atoms with E-state index in [9.17, 15) is 5.11 Å². The molecule has 4 unspecified atom stereocenters. The van der Waals surface area contributed by atoms with Crippen molar-refractivity contribution >= 4 is 0 Å². The van der Waals surface area contributed by atoms with E-state index in [0.29, 0.717) is 12.0 Å². The topological polar surface area (TPSA) is 32.3 Å². The Morgan fingerprint density at radius 1 is 1.47 bits per heavy atom. The lowest BCUT2D eigenvalue weighted by Crippen LogP contribution is -2.50. The summed E-state index contributed by atoms with van der Waals surface area (Å²) in [6.45, 7) is 5.07. The first-order valence-corrected chi connectivity index (χ1v) is 6.25. The van der Waals surface area contributed by atoms with Gasteiger partial charge in [0.1, 0.15) is 0 Å². The summed E-state index contributed by atoms with van der Waals surface area (Å²) in [5, 5.41) is 13.2. The van der Waals surface area contributed by atoms with Gasteiger partial charge in [-0.3, -0.25) is 0 Å². The van der Waals surface area contributed by atoms with Crippen LogP contribution in [0.3, 0.4) is 0 Å². The smallest absolute Gasteiger partial charge is 0.0667 e. The highest BCUT2D eigenvalue weighted by atomic mass is 16.3. The molecule has 2 rings (SSSR count). The molecule has 0 aromatic carbocycles. The molecule has 1 saturated carbocycles. The Bertz CT molecular complexity index is 237. The summed E-state index contributed by atoms with van der Waals surface area (Å²) in [6.07, 6.45) is 7.96. The lowest BCUT2D eigenvalue weighted by molar-refractivity contribution is 0.109. The minimum absolute atomic E-state index is 0.172. The molecule has 2 N–H and O–H groups in total. The predicted octanol–water partition coefficient (Wildman–Crippen LogP) is 1.95. The van der Waals surface area contributed by atoms with Gasteiger partial charge in [-0.05, 0) is 37.0 Å². The Morgan fingerprint density at radius 2 is 2.27 bits per heavy atom. The van der Waals surface area contributed by atoms with Gasteiger partial charge in [0.25, 0.3) is 0 Å². The first-order chi connectivity index (χ1) is 7.16. The molecule has 0 spiro atoms. The number of hydrogen-bond acceptors (Lipinski definition) is 2.